The first-order chi connectivity index (χ1) is 11.2. The van der Waals surface area contributed by atoms with Gasteiger partial charge in [-0.15, -0.1) is 12.8 Å². The number of nitrogens with zero attached hydrogens (tertiary/aromatic N) is 2. The number of carbonyl (C=O) groups is 2. The molecular formula is C18H28N2O4. The van der Waals surface area contributed by atoms with Crippen molar-refractivity contribution in [1.82, 2.24) is 9.80 Å². The van der Waals surface area contributed by atoms with Crippen molar-refractivity contribution in [1.29, 1.82) is 0 Å². The van der Waals surface area contributed by atoms with Crippen molar-refractivity contribution >= 4 is 11.9 Å². The fraction of sp³-hybridized carbons (Fsp3) is 0.667. The molecule has 2 unspecified atom stereocenters. The molecule has 4 atom stereocenters. The van der Waals surface area contributed by atoms with E-state index in [-0.39, 0.29) is 12.1 Å². The van der Waals surface area contributed by atoms with Gasteiger partial charge in [-0.3, -0.25) is 9.80 Å². The highest BCUT2D eigenvalue weighted by Gasteiger charge is 2.29. The minimum Gasteiger partial charge on any atom is -0.426 e. The van der Waals surface area contributed by atoms with Gasteiger partial charge in [0.25, 0.3) is 0 Å². The van der Waals surface area contributed by atoms with Gasteiger partial charge in [0, 0.05) is 12.1 Å². The summed E-state index contributed by atoms with van der Waals surface area (Å²) in [6.45, 7) is 7.83. The minimum absolute atomic E-state index is 0.0878. The smallest absolute Gasteiger partial charge is 0.419 e. The summed E-state index contributed by atoms with van der Waals surface area (Å²) in [5.41, 5.74) is 0. The molecule has 0 N–H and O–H groups in total. The number of ether oxygens (including phenoxy) is 2. The van der Waals surface area contributed by atoms with Crippen molar-refractivity contribution in [2.24, 2.45) is 0 Å². The Kier molecular flexibility index (Phi) is 9.80. The molecule has 6 heteroatoms. The second kappa shape index (κ2) is 10.7. The van der Waals surface area contributed by atoms with E-state index >= 15 is 0 Å². The summed E-state index contributed by atoms with van der Waals surface area (Å²) in [6.07, 6.45) is 10.5. The molecule has 0 spiro atoms. The Balaban J connectivity index is 4.85. The number of esters is 2. The first-order valence-corrected chi connectivity index (χ1v) is 8.01. The van der Waals surface area contributed by atoms with Crippen molar-refractivity contribution < 1.29 is 19.1 Å². The SMILES string of the molecule is C#C[C@H](OC(=O)C(=O)O[C@@H](C#C)N(C)C(C)CC)N(C)C(C)CC. The van der Waals surface area contributed by atoms with Crippen LogP contribution in [0.1, 0.15) is 40.5 Å². The summed E-state index contributed by atoms with van der Waals surface area (Å²) >= 11 is 0. The molecule has 0 aliphatic heterocycles. The van der Waals surface area contributed by atoms with Crippen LogP contribution in [0.25, 0.3) is 0 Å². The maximum atomic E-state index is 11.9. The Morgan fingerprint density at radius 2 is 1.17 bits per heavy atom. The normalized spacial score (nSPS) is 15.8. The Bertz CT molecular complexity index is 460. The number of hydrogen-bond donors (Lipinski definition) is 0. The highest BCUT2D eigenvalue weighted by molar-refractivity contribution is 6.29. The van der Waals surface area contributed by atoms with Crippen LogP contribution >= 0.6 is 0 Å². The third-order valence-electron chi connectivity index (χ3n) is 4.20. The molecule has 0 amide bonds. The Labute approximate surface area is 145 Å². The first-order valence-electron chi connectivity index (χ1n) is 8.01. The van der Waals surface area contributed by atoms with Gasteiger partial charge >= 0.3 is 11.9 Å². The molecule has 0 rings (SSSR count). The summed E-state index contributed by atoms with van der Waals surface area (Å²) in [5.74, 6) is 2.37. The summed E-state index contributed by atoms with van der Waals surface area (Å²) < 4.78 is 10.1. The molecule has 24 heavy (non-hydrogen) atoms. The van der Waals surface area contributed by atoms with Crippen LogP contribution < -0.4 is 0 Å². The predicted molar refractivity (Wildman–Crippen MR) is 92.5 cm³/mol. The maximum absolute atomic E-state index is 11.9. The van der Waals surface area contributed by atoms with Gasteiger partial charge in [-0.1, -0.05) is 13.8 Å². The molecular weight excluding hydrogens is 308 g/mol. The zero-order chi connectivity index (χ0) is 18.9. The number of rotatable bonds is 8. The van der Waals surface area contributed by atoms with Gasteiger partial charge in [-0.25, -0.2) is 9.59 Å². The molecule has 0 aromatic heterocycles. The lowest BCUT2D eigenvalue weighted by molar-refractivity contribution is -0.179. The van der Waals surface area contributed by atoms with Crippen LogP contribution in [0.3, 0.4) is 0 Å². The topological polar surface area (TPSA) is 59.1 Å². The molecule has 0 aliphatic carbocycles. The summed E-state index contributed by atoms with van der Waals surface area (Å²) in [4.78, 5) is 27.2. The first kappa shape index (κ1) is 22.0. The molecule has 0 bridgehead atoms. The van der Waals surface area contributed by atoms with E-state index < -0.39 is 24.4 Å². The standard InChI is InChI=1S/C18H28N2O4/c1-9-13(5)19(7)15(11-3)23-17(21)18(22)24-16(12-4)20(8)14(6)10-2/h3-4,13-16H,9-10H2,1-2,5-8H3/t13?,14?,15-,16-/m0/s1. The van der Waals surface area contributed by atoms with E-state index in [9.17, 15) is 9.59 Å². The molecule has 0 aromatic carbocycles. The summed E-state index contributed by atoms with van der Waals surface area (Å²) in [5, 5.41) is 0. The van der Waals surface area contributed by atoms with Crippen LogP contribution in [0.4, 0.5) is 0 Å². The van der Waals surface area contributed by atoms with E-state index in [4.69, 9.17) is 22.3 Å². The highest BCUT2D eigenvalue weighted by atomic mass is 16.6. The zero-order valence-electron chi connectivity index (χ0n) is 15.4. The molecule has 0 radical (unpaired) electrons. The molecule has 134 valence electrons. The second-order valence-electron chi connectivity index (χ2n) is 5.69. The van der Waals surface area contributed by atoms with Crippen molar-refractivity contribution in [3.8, 4) is 24.7 Å². The largest absolute Gasteiger partial charge is 0.426 e. The molecule has 0 fully saturated rings. The van der Waals surface area contributed by atoms with Gasteiger partial charge in [0.05, 0.1) is 0 Å². The third kappa shape index (κ3) is 6.23. The van der Waals surface area contributed by atoms with Crippen LogP contribution in [-0.4, -0.2) is 60.4 Å². The van der Waals surface area contributed by atoms with E-state index in [1.165, 1.54) is 0 Å². The van der Waals surface area contributed by atoms with E-state index in [2.05, 4.69) is 11.8 Å². The monoisotopic (exact) mass is 336 g/mol. The number of hydrogen-bond acceptors (Lipinski definition) is 6. The molecule has 0 saturated heterocycles. The lowest BCUT2D eigenvalue weighted by Gasteiger charge is -2.29. The lowest BCUT2D eigenvalue weighted by Crippen LogP contribution is -2.44. The van der Waals surface area contributed by atoms with Crippen LogP contribution in [0.5, 0.6) is 0 Å². The highest BCUT2D eigenvalue weighted by Crippen LogP contribution is 2.10. The van der Waals surface area contributed by atoms with Gasteiger partial charge in [-0.05, 0) is 52.6 Å². The van der Waals surface area contributed by atoms with Crippen LogP contribution in [0.15, 0.2) is 0 Å². The predicted octanol–water partition coefficient (Wildman–Crippen LogP) is 1.45. The second-order valence-corrected chi connectivity index (χ2v) is 5.69. The van der Waals surface area contributed by atoms with Gasteiger partial charge in [0.1, 0.15) is 0 Å². The Morgan fingerprint density at radius 1 is 0.875 bits per heavy atom. The van der Waals surface area contributed by atoms with Crippen molar-refractivity contribution in [2.75, 3.05) is 14.1 Å². The maximum Gasteiger partial charge on any atom is 0.419 e. The average Bonchev–Trinajstić information content (AvgIpc) is 2.60. The van der Waals surface area contributed by atoms with Gasteiger partial charge < -0.3 is 9.47 Å². The van der Waals surface area contributed by atoms with E-state index in [1.54, 1.807) is 23.9 Å². The molecule has 6 nitrogen and oxygen atoms in total. The van der Waals surface area contributed by atoms with Crippen molar-refractivity contribution in [3.05, 3.63) is 0 Å². The van der Waals surface area contributed by atoms with Crippen molar-refractivity contribution in [2.45, 2.75) is 65.1 Å². The van der Waals surface area contributed by atoms with E-state index in [1.807, 2.05) is 27.7 Å². The fourth-order valence-electron chi connectivity index (χ4n) is 1.81. The van der Waals surface area contributed by atoms with Gasteiger partial charge in [-0.2, -0.15) is 0 Å². The van der Waals surface area contributed by atoms with Gasteiger partial charge in [0.15, 0.2) is 0 Å². The third-order valence-corrected chi connectivity index (χ3v) is 4.20. The van der Waals surface area contributed by atoms with E-state index in [0.29, 0.717) is 0 Å². The summed E-state index contributed by atoms with van der Waals surface area (Å²) in [7, 11) is 3.44. The number of carbonyl (C=O) groups excluding carboxylic acids is 2. The Hall–Kier alpha value is -2.02. The zero-order valence-corrected chi connectivity index (χ0v) is 15.4. The lowest BCUT2D eigenvalue weighted by atomic mass is 10.2. The van der Waals surface area contributed by atoms with Crippen LogP contribution in [-0.2, 0) is 19.1 Å². The number of terminal acetylenes is 2. The van der Waals surface area contributed by atoms with Crippen molar-refractivity contribution in [3.63, 3.8) is 0 Å². The molecule has 0 saturated carbocycles. The fourth-order valence-corrected chi connectivity index (χ4v) is 1.81. The van der Waals surface area contributed by atoms with E-state index in [0.717, 1.165) is 12.8 Å². The quantitative estimate of drug-likeness (QED) is 0.289. The Morgan fingerprint density at radius 3 is 1.38 bits per heavy atom. The minimum atomic E-state index is -1.16. The molecule has 0 heterocycles. The summed E-state index contributed by atoms with van der Waals surface area (Å²) in [6, 6.07) is 0.176. The van der Waals surface area contributed by atoms with Crippen LogP contribution in [0, 0.1) is 24.7 Å². The van der Waals surface area contributed by atoms with Gasteiger partial charge in [0.2, 0.25) is 12.5 Å². The average molecular weight is 336 g/mol. The molecule has 0 aromatic rings. The van der Waals surface area contributed by atoms with Crippen LogP contribution in [0.2, 0.25) is 0 Å². The molecule has 0 aliphatic rings.